The first-order valence-electron chi connectivity index (χ1n) is 5.74. The van der Waals surface area contributed by atoms with E-state index >= 15 is 0 Å². The summed E-state index contributed by atoms with van der Waals surface area (Å²) in [5, 5.41) is 1.74. The van der Waals surface area contributed by atoms with Crippen molar-refractivity contribution in [3.63, 3.8) is 0 Å². The van der Waals surface area contributed by atoms with Crippen molar-refractivity contribution in [1.29, 1.82) is 0 Å². The number of sulfonamides is 1. The molecule has 0 spiro atoms. The van der Waals surface area contributed by atoms with Crippen molar-refractivity contribution in [2.75, 3.05) is 20.6 Å². The monoisotopic (exact) mass is 300 g/mol. The number of rotatable bonds is 6. The fourth-order valence-corrected chi connectivity index (χ4v) is 3.77. The van der Waals surface area contributed by atoms with Gasteiger partial charge >= 0.3 is 0 Å². The zero-order valence-corrected chi connectivity index (χ0v) is 12.4. The van der Waals surface area contributed by atoms with Crippen LogP contribution in [-0.4, -0.2) is 34.0 Å². The molecular weight excluding hydrogens is 284 g/mol. The van der Waals surface area contributed by atoms with Crippen LogP contribution < -0.4 is 4.72 Å². The topological polar surface area (TPSA) is 62.6 Å². The molecule has 7 heteroatoms. The Balaban J connectivity index is 2.08. The number of nitrogens with zero attached hydrogens (tertiary/aromatic N) is 1. The van der Waals surface area contributed by atoms with Crippen molar-refractivity contribution in [2.45, 2.75) is 10.3 Å². The Hall–Kier alpha value is -1.15. The first-order chi connectivity index (χ1) is 9.00. The summed E-state index contributed by atoms with van der Waals surface area (Å²) in [5.41, 5.74) is 0. The Morgan fingerprint density at radius 2 is 2.16 bits per heavy atom. The molecule has 1 N–H and O–H groups in total. The van der Waals surface area contributed by atoms with Crippen LogP contribution in [0.1, 0.15) is 11.8 Å². The second-order valence-electron chi connectivity index (χ2n) is 4.28. The zero-order chi connectivity index (χ0) is 13.9. The summed E-state index contributed by atoms with van der Waals surface area (Å²) in [6.07, 6.45) is 1.58. The summed E-state index contributed by atoms with van der Waals surface area (Å²) in [4.78, 5) is 1.91. The quantitative estimate of drug-likeness (QED) is 0.885. The van der Waals surface area contributed by atoms with Gasteiger partial charge in [-0.15, -0.1) is 11.3 Å². The predicted molar refractivity (Wildman–Crippen MR) is 74.6 cm³/mol. The molecular formula is C12H16N2O3S2. The number of thiophene rings is 1. The van der Waals surface area contributed by atoms with E-state index in [-0.39, 0.29) is 12.6 Å². The highest BCUT2D eigenvalue weighted by Gasteiger charge is 2.21. The molecule has 2 rings (SSSR count). The van der Waals surface area contributed by atoms with Gasteiger partial charge in [0.15, 0.2) is 0 Å². The van der Waals surface area contributed by atoms with Crippen molar-refractivity contribution in [3.8, 4) is 0 Å². The molecule has 0 aliphatic rings. The summed E-state index contributed by atoms with van der Waals surface area (Å²) in [5.74, 6) is 0.735. The number of furan rings is 1. The average Bonchev–Trinajstić information content (AvgIpc) is 3.02. The molecule has 0 bridgehead atoms. The molecule has 0 radical (unpaired) electrons. The Morgan fingerprint density at radius 3 is 2.68 bits per heavy atom. The Kier molecular flexibility index (Phi) is 4.41. The van der Waals surface area contributed by atoms with Crippen LogP contribution in [0.2, 0.25) is 0 Å². The Bertz CT molecular complexity index is 589. The van der Waals surface area contributed by atoms with E-state index in [2.05, 4.69) is 4.72 Å². The fourth-order valence-electron chi connectivity index (χ4n) is 1.69. The molecule has 0 aliphatic carbocycles. The van der Waals surface area contributed by atoms with Crippen LogP contribution in [0, 0.1) is 0 Å². The van der Waals surface area contributed by atoms with E-state index in [9.17, 15) is 8.42 Å². The molecule has 104 valence electrons. The molecule has 0 fully saturated rings. The lowest BCUT2D eigenvalue weighted by Crippen LogP contribution is -2.34. The van der Waals surface area contributed by atoms with Crippen LogP contribution in [0.4, 0.5) is 0 Å². The van der Waals surface area contributed by atoms with E-state index in [1.165, 1.54) is 11.3 Å². The third-order valence-corrected chi connectivity index (χ3v) is 5.54. The van der Waals surface area contributed by atoms with Crippen molar-refractivity contribution in [2.24, 2.45) is 0 Å². The Labute approximate surface area is 116 Å². The average molecular weight is 300 g/mol. The summed E-state index contributed by atoms with van der Waals surface area (Å²) in [7, 11) is 0.327. The molecule has 19 heavy (non-hydrogen) atoms. The number of nitrogens with one attached hydrogen (secondary N) is 1. The number of hydrogen-bond acceptors (Lipinski definition) is 5. The summed E-state index contributed by atoms with van der Waals surface area (Å²) >= 11 is 1.20. The van der Waals surface area contributed by atoms with Gasteiger partial charge in [-0.1, -0.05) is 6.07 Å². The first kappa shape index (κ1) is 14.3. The van der Waals surface area contributed by atoms with Crippen LogP contribution in [-0.2, 0) is 10.0 Å². The zero-order valence-electron chi connectivity index (χ0n) is 10.7. The van der Waals surface area contributed by atoms with E-state index in [4.69, 9.17) is 4.42 Å². The van der Waals surface area contributed by atoms with Gasteiger partial charge in [0.2, 0.25) is 10.0 Å². The third-order valence-electron chi connectivity index (χ3n) is 2.72. The minimum absolute atomic E-state index is 0.135. The molecule has 2 aromatic heterocycles. The lowest BCUT2D eigenvalue weighted by Gasteiger charge is -2.22. The molecule has 2 heterocycles. The normalized spacial score (nSPS) is 13.8. The molecule has 0 amide bonds. The van der Waals surface area contributed by atoms with Crippen LogP contribution >= 0.6 is 11.3 Å². The molecule has 2 aromatic rings. The highest BCUT2D eigenvalue weighted by Crippen LogP contribution is 2.20. The van der Waals surface area contributed by atoms with Gasteiger partial charge < -0.3 is 4.42 Å². The molecule has 1 atom stereocenters. The van der Waals surface area contributed by atoms with Crippen molar-refractivity contribution in [3.05, 3.63) is 41.7 Å². The predicted octanol–water partition coefficient (Wildman–Crippen LogP) is 1.92. The number of likely N-dealkylation sites (N-methyl/N-ethyl adjacent to an activating group) is 1. The van der Waals surface area contributed by atoms with Gasteiger partial charge in [-0.2, -0.15) is 0 Å². The molecule has 0 saturated heterocycles. The van der Waals surface area contributed by atoms with Gasteiger partial charge in [0.25, 0.3) is 0 Å². The first-order valence-corrected chi connectivity index (χ1v) is 8.10. The summed E-state index contributed by atoms with van der Waals surface area (Å²) < 4.78 is 32.4. The van der Waals surface area contributed by atoms with Gasteiger partial charge in [0.05, 0.1) is 12.3 Å². The van der Waals surface area contributed by atoms with Crippen LogP contribution in [0.15, 0.2) is 44.5 Å². The van der Waals surface area contributed by atoms with Crippen molar-refractivity contribution in [1.82, 2.24) is 9.62 Å². The maximum atomic E-state index is 12.0. The molecule has 1 unspecified atom stereocenters. The molecule has 0 saturated carbocycles. The minimum atomic E-state index is -3.44. The fraction of sp³-hybridized carbons (Fsp3) is 0.333. The van der Waals surface area contributed by atoms with Gasteiger partial charge in [-0.25, -0.2) is 13.1 Å². The Morgan fingerprint density at radius 1 is 1.37 bits per heavy atom. The maximum absolute atomic E-state index is 12.0. The standard InChI is InChI=1S/C12H16N2O3S2/c1-14(2)10(11-5-3-7-17-11)9-13-19(15,16)12-6-4-8-18-12/h3-8,10,13H,9H2,1-2H3. The molecule has 0 aromatic carbocycles. The largest absolute Gasteiger partial charge is 0.468 e. The lowest BCUT2D eigenvalue weighted by molar-refractivity contribution is 0.259. The minimum Gasteiger partial charge on any atom is -0.468 e. The van der Waals surface area contributed by atoms with Gasteiger partial charge in [0.1, 0.15) is 9.97 Å². The SMILES string of the molecule is CN(C)C(CNS(=O)(=O)c1cccs1)c1ccco1. The third kappa shape index (κ3) is 3.44. The van der Waals surface area contributed by atoms with E-state index in [0.717, 1.165) is 5.76 Å². The van der Waals surface area contributed by atoms with Crippen LogP contribution in [0.25, 0.3) is 0 Å². The summed E-state index contributed by atoms with van der Waals surface area (Å²) in [6, 6.07) is 6.80. The van der Waals surface area contributed by atoms with Gasteiger partial charge in [-0.3, -0.25) is 4.90 Å². The highest BCUT2D eigenvalue weighted by molar-refractivity contribution is 7.91. The second kappa shape index (κ2) is 5.87. The summed E-state index contributed by atoms with van der Waals surface area (Å²) in [6.45, 7) is 0.265. The van der Waals surface area contributed by atoms with Crippen molar-refractivity contribution < 1.29 is 12.8 Å². The second-order valence-corrected chi connectivity index (χ2v) is 7.22. The van der Waals surface area contributed by atoms with E-state index in [1.807, 2.05) is 25.1 Å². The van der Waals surface area contributed by atoms with E-state index in [1.54, 1.807) is 29.8 Å². The van der Waals surface area contributed by atoms with E-state index < -0.39 is 10.0 Å². The lowest BCUT2D eigenvalue weighted by atomic mass is 10.2. The van der Waals surface area contributed by atoms with E-state index in [0.29, 0.717) is 4.21 Å². The maximum Gasteiger partial charge on any atom is 0.250 e. The smallest absolute Gasteiger partial charge is 0.250 e. The number of hydrogen-bond donors (Lipinski definition) is 1. The molecule has 5 nitrogen and oxygen atoms in total. The van der Waals surface area contributed by atoms with Gasteiger partial charge in [-0.05, 0) is 37.7 Å². The van der Waals surface area contributed by atoms with Crippen molar-refractivity contribution >= 4 is 21.4 Å². The molecule has 0 aliphatic heterocycles. The highest BCUT2D eigenvalue weighted by atomic mass is 32.2. The van der Waals surface area contributed by atoms with Crippen LogP contribution in [0.3, 0.4) is 0 Å². The van der Waals surface area contributed by atoms with Gasteiger partial charge in [0, 0.05) is 6.54 Å². The van der Waals surface area contributed by atoms with Crippen LogP contribution in [0.5, 0.6) is 0 Å².